The normalized spacial score (nSPS) is 20.3. The minimum Gasteiger partial charge on any atom is -0.356 e. The Morgan fingerprint density at radius 2 is 2.09 bits per heavy atom. The molecule has 0 bridgehead atoms. The van der Waals surface area contributed by atoms with Crippen LogP contribution in [-0.2, 0) is 9.59 Å². The van der Waals surface area contributed by atoms with Gasteiger partial charge in [0.1, 0.15) is 0 Å². The second kappa shape index (κ2) is 8.31. The van der Waals surface area contributed by atoms with Crippen LogP contribution >= 0.6 is 11.6 Å². The van der Waals surface area contributed by atoms with Crippen LogP contribution in [0.25, 0.3) is 0 Å². The molecule has 0 spiro atoms. The SMILES string of the molecule is Cc1c(Cl)cccc1NC(=O)CCNC(=O)C[C@@H]1CCC[C@H]1N. The van der Waals surface area contributed by atoms with Gasteiger partial charge in [0, 0.05) is 36.1 Å². The zero-order valence-electron chi connectivity index (χ0n) is 13.4. The first-order chi connectivity index (χ1) is 11.0. The molecule has 23 heavy (non-hydrogen) atoms. The van der Waals surface area contributed by atoms with E-state index in [2.05, 4.69) is 10.6 Å². The molecule has 0 unspecified atom stereocenters. The van der Waals surface area contributed by atoms with Gasteiger partial charge in [-0.3, -0.25) is 9.59 Å². The number of anilines is 1. The highest BCUT2D eigenvalue weighted by atomic mass is 35.5. The lowest BCUT2D eigenvalue weighted by atomic mass is 10.00. The highest BCUT2D eigenvalue weighted by Crippen LogP contribution is 2.26. The Kier molecular flexibility index (Phi) is 6.42. The van der Waals surface area contributed by atoms with Crippen LogP contribution in [0.15, 0.2) is 18.2 Å². The number of amides is 2. The summed E-state index contributed by atoms with van der Waals surface area (Å²) in [4.78, 5) is 23.8. The Hall–Kier alpha value is -1.59. The number of nitrogens with one attached hydrogen (secondary N) is 2. The van der Waals surface area contributed by atoms with Gasteiger partial charge in [-0.15, -0.1) is 0 Å². The van der Waals surface area contributed by atoms with E-state index >= 15 is 0 Å². The number of halogens is 1. The molecule has 1 fully saturated rings. The van der Waals surface area contributed by atoms with Crippen molar-refractivity contribution >= 4 is 29.1 Å². The molecule has 2 atom stereocenters. The molecule has 5 nitrogen and oxygen atoms in total. The highest BCUT2D eigenvalue weighted by Gasteiger charge is 2.25. The molecule has 1 aromatic carbocycles. The van der Waals surface area contributed by atoms with Crippen LogP contribution in [-0.4, -0.2) is 24.4 Å². The maximum atomic E-state index is 11.9. The Morgan fingerprint density at radius 1 is 1.30 bits per heavy atom. The Labute approximate surface area is 142 Å². The molecule has 0 aromatic heterocycles. The summed E-state index contributed by atoms with van der Waals surface area (Å²) in [6.45, 7) is 2.18. The number of nitrogens with two attached hydrogens (primary N) is 1. The van der Waals surface area contributed by atoms with Crippen molar-refractivity contribution in [1.82, 2.24) is 5.32 Å². The number of hydrogen-bond donors (Lipinski definition) is 3. The first-order valence-corrected chi connectivity index (χ1v) is 8.42. The topological polar surface area (TPSA) is 84.2 Å². The van der Waals surface area contributed by atoms with E-state index in [1.807, 2.05) is 6.92 Å². The van der Waals surface area contributed by atoms with Crippen LogP contribution in [0.2, 0.25) is 5.02 Å². The zero-order valence-corrected chi connectivity index (χ0v) is 14.2. The fraction of sp³-hybridized carbons (Fsp3) is 0.529. The van der Waals surface area contributed by atoms with E-state index in [1.54, 1.807) is 18.2 Å². The number of carbonyl (C=O) groups excluding carboxylic acids is 2. The molecule has 0 heterocycles. The van der Waals surface area contributed by atoms with Crippen molar-refractivity contribution in [2.24, 2.45) is 11.7 Å². The van der Waals surface area contributed by atoms with E-state index in [-0.39, 0.29) is 30.2 Å². The summed E-state index contributed by atoms with van der Waals surface area (Å²) in [6, 6.07) is 5.51. The van der Waals surface area contributed by atoms with Gasteiger partial charge in [0.15, 0.2) is 0 Å². The van der Waals surface area contributed by atoms with Gasteiger partial charge >= 0.3 is 0 Å². The number of hydrogen-bond acceptors (Lipinski definition) is 3. The van der Waals surface area contributed by atoms with Gasteiger partial charge in [-0.25, -0.2) is 0 Å². The maximum Gasteiger partial charge on any atom is 0.226 e. The van der Waals surface area contributed by atoms with Crippen LogP contribution in [0, 0.1) is 12.8 Å². The molecule has 1 aromatic rings. The lowest BCUT2D eigenvalue weighted by Gasteiger charge is -2.14. The molecule has 0 radical (unpaired) electrons. The van der Waals surface area contributed by atoms with Gasteiger partial charge < -0.3 is 16.4 Å². The van der Waals surface area contributed by atoms with E-state index in [0.717, 1.165) is 24.8 Å². The smallest absolute Gasteiger partial charge is 0.226 e. The first-order valence-electron chi connectivity index (χ1n) is 8.04. The van der Waals surface area contributed by atoms with Crippen molar-refractivity contribution < 1.29 is 9.59 Å². The van der Waals surface area contributed by atoms with E-state index in [0.29, 0.717) is 23.7 Å². The number of benzene rings is 1. The standard InChI is InChI=1S/C17H24ClN3O2/c1-11-13(18)5-3-7-15(11)21-16(22)8-9-20-17(23)10-12-4-2-6-14(12)19/h3,5,7,12,14H,2,4,6,8-10,19H2,1H3,(H,20,23)(H,21,22)/t12-,14+/m0/s1. The van der Waals surface area contributed by atoms with E-state index in [1.165, 1.54) is 0 Å². The van der Waals surface area contributed by atoms with Gasteiger partial charge in [-0.2, -0.15) is 0 Å². The van der Waals surface area contributed by atoms with Crippen molar-refractivity contribution in [2.75, 3.05) is 11.9 Å². The Bertz CT molecular complexity index is 577. The molecular formula is C17H24ClN3O2. The van der Waals surface area contributed by atoms with Crippen LogP contribution < -0.4 is 16.4 Å². The fourth-order valence-electron chi connectivity index (χ4n) is 2.90. The number of rotatable bonds is 6. The highest BCUT2D eigenvalue weighted by molar-refractivity contribution is 6.31. The van der Waals surface area contributed by atoms with E-state index < -0.39 is 0 Å². The predicted octanol–water partition coefficient (Wildman–Crippen LogP) is 2.61. The van der Waals surface area contributed by atoms with Crippen molar-refractivity contribution in [1.29, 1.82) is 0 Å². The molecule has 2 rings (SSSR count). The molecule has 0 aliphatic heterocycles. The van der Waals surface area contributed by atoms with Gasteiger partial charge in [0.05, 0.1) is 0 Å². The van der Waals surface area contributed by atoms with Crippen molar-refractivity contribution in [3.8, 4) is 0 Å². The summed E-state index contributed by atoms with van der Waals surface area (Å²) in [5, 5.41) is 6.22. The predicted molar refractivity (Wildman–Crippen MR) is 92.4 cm³/mol. The summed E-state index contributed by atoms with van der Waals surface area (Å²) < 4.78 is 0. The third-order valence-corrected chi connectivity index (χ3v) is 4.79. The van der Waals surface area contributed by atoms with Crippen LogP contribution in [0.4, 0.5) is 5.69 Å². The Morgan fingerprint density at radius 3 is 2.78 bits per heavy atom. The molecule has 4 N–H and O–H groups in total. The summed E-state index contributed by atoms with van der Waals surface area (Å²) in [5.74, 6) is 0.102. The minimum absolute atomic E-state index is 0.0286. The minimum atomic E-state index is -0.145. The second-order valence-corrected chi connectivity index (χ2v) is 6.53. The molecule has 1 aliphatic carbocycles. The molecule has 1 aliphatic rings. The third-order valence-electron chi connectivity index (χ3n) is 4.38. The summed E-state index contributed by atoms with van der Waals surface area (Å²) in [7, 11) is 0. The van der Waals surface area contributed by atoms with Gasteiger partial charge in [0.2, 0.25) is 11.8 Å². The average molecular weight is 338 g/mol. The molecule has 2 amide bonds. The Balaban J connectivity index is 1.70. The van der Waals surface area contributed by atoms with E-state index in [4.69, 9.17) is 17.3 Å². The summed E-state index contributed by atoms with van der Waals surface area (Å²) >= 11 is 6.02. The average Bonchev–Trinajstić information content (AvgIpc) is 2.89. The lowest BCUT2D eigenvalue weighted by molar-refractivity contribution is -0.122. The summed E-state index contributed by atoms with van der Waals surface area (Å²) in [6.07, 6.45) is 3.80. The molecule has 1 saturated carbocycles. The van der Waals surface area contributed by atoms with Crippen molar-refractivity contribution in [2.45, 2.75) is 45.1 Å². The largest absolute Gasteiger partial charge is 0.356 e. The quantitative estimate of drug-likeness (QED) is 0.746. The van der Waals surface area contributed by atoms with Crippen LogP contribution in [0.5, 0.6) is 0 Å². The molecule has 6 heteroatoms. The van der Waals surface area contributed by atoms with Crippen molar-refractivity contribution in [3.63, 3.8) is 0 Å². The molecule has 0 saturated heterocycles. The van der Waals surface area contributed by atoms with Gasteiger partial charge in [0.25, 0.3) is 0 Å². The zero-order chi connectivity index (χ0) is 16.8. The third kappa shape index (κ3) is 5.22. The van der Waals surface area contributed by atoms with Gasteiger partial charge in [-0.1, -0.05) is 24.1 Å². The van der Waals surface area contributed by atoms with Crippen molar-refractivity contribution in [3.05, 3.63) is 28.8 Å². The van der Waals surface area contributed by atoms with Crippen LogP contribution in [0.3, 0.4) is 0 Å². The van der Waals surface area contributed by atoms with Gasteiger partial charge in [-0.05, 0) is 43.4 Å². The fourth-order valence-corrected chi connectivity index (χ4v) is 3.07. The molecular weight excluding hydrogens is 314 g/mol. The lowest BCUT2D eigenvalue weighted by Crippen LogP contribution is -2.33. The monoisotopic (exact) mass is 337 g/mol. The number of carbonyl (C=O) groups is 2. The van der Waals surface area contributed by atoms with E-state index in [9.17, 15) is 9.59 Å². The second-order valence-electron chi connectivity index (χ2n) is 6.12. The molecule has 126 valence electrons. The maximum absolute atomic E-state index is 11.9. The van der Waals surface area contributed by atoms with Crippen LogP contribution in [0.1, 0.15) is 37.7 Å². The summed E-state index contributed by atoms with van der Waals surface area (Å²) in [5.41, 5.74) is 7.50. The first kappa shape index (κ1) is 17.8.